The first-order valence-corrected chi connectivity index (χ1v) is 4.55. The van der Waals surface area contributed by atoms with Crippen LogP contribution in [0, 0.1) is 5.82 Å². The topological polar surface area (TPSA) is 15.8 Å². The van der Waals surface area contributed by atoms with Gasteiger partial charge < -0.3 is 4.98 Å². The monoisotopic (exact) mass is 197 g/mol. The lowest BCUT2D eigenvalue weighted by atomic mass is 10.1. The third-order valence-electron chi connectivity index (χ3n) is 2.20. The van der Waals surface area contributed by atoms with E-state index in [-0.39, 0.29) is 5.82 Å². The molecule has 13 heavy (non-hydrogen) atoms. The van der Waals surface area contributed by atoms with Crippen LogP contribution < -0.4 is 0 Å². The highest BCUT2D eigenvalue weighted by atomic mass is 35.5. The van der Waals surface area contributed by atoms with E-state index in [9.17, 15) is 4.39 Å². The molecule has 2 rings (SSSR count). The molecule has 0 atom stereocenters. The third-order valence-corrected chi connectivity index (χ3v) is 2.49. The highest BCUT2D eigenvalue weighted by Crippen LogP contribution is 2.27. The Morgan fingerprint density at radius 1 is 1.46 bits per heavy atom. The molecule has 1 aromatic heterocycles. The van der Waals surface area contributed by atoms with Crippen molar-refractivity contribution in [1.29, 1.82) is 0 Å². The highest BCUT2D eigenvalue weighted by Gasteiger charge is 2.09. The number of benzene rings is 1. The summed E-state index contributed by atoms with van der Waals surface area (Å²) in [7, 11) is 0. The first-order chi connectivity index (χ1) is 6.24. The van der Waals surface area contributed by atoms with Crippen molar-refractivity contribution in [3.63, 3.8) is 0 Å². The Morgan fingerprint density at radius 2 is 2.23 bits per heavy atom. The summed E-state index contributed by atoms with van der Waals surface area (Å²) in [6.45, 7) is 1.92. The second kappa shape index (κ2) is 3.04. The van der Waals surface area contributed by atoms with Crippen LogP contribution in [-0.2, 0) is 6.42 Å². The Hall–Kier alpha value is -1.02. The number of rotatable bonds is 1. The van der Waals surface area contributed by atoms with Crippen LogP contribution in [0.2, 0.25) is 5.02 Å². The van der Waals surface area contributed by atoms with Crippen molar-refractivity contribution in [3.05, 3.63) is 34.7 Å². The Labute approximate surface area is 80.5 Å². The van der Waals surface area contributed by atoms with Crippen molar-refractivity contribution in [3.8, 4) is 0 Å². The number of aromatic nitrogens is 1. The number of aryl methyl sites for hydroxylation is 1. The van der Waals surface area contributed by atoms with Gasteiger partial charge in [-0.3, -0.25) is 0 Å². The smallest absolute Gasteiger partial charge is 0.137 e. The van der Waals surface area contributed by atoms with Gasteiger partial charge in [0, 0.05) is 11.7 Å². The van der Waals surface area contributed by atoms with E-state index in [0.717, 1.165) is 5.52 Å². The van der Waals surface area contributed by atoms with Crippen LogP contribution in [-0.4, -0.2) is 4.98 Å². The van der Waals surface area contributed by atoms with Crippen LogP contribution in [0.4, 0.5) is 4.39 Å². The molecule has 1 N–H and O–H groups in total. The molecule has 0 aliphatic carbocycles. The van der Waals surface area contributed by atoms with Gasteiger partial charge in [-0.25, -0.2) is 4.39 Å². The van der Waals surface area contributed by atoms with Crippen LogP contribution in [0.3, 0.4) is 0 Å². The molecule has 0 aliphatic heterocycles. The van der Waals surface area contributed by atoms with Crippen molar-refractivity contribution in [2.24, 2.45) is 0 Å². The molecule has 0 aliphatic rings. The molecular formula is C10H9ClFN. The van der Waals surface area contributed by atoms with E-state index in [1.54, 1.807) is 12.3 Å². The van der Waals surface area contributed by atoms with Crippen LogP contribution in [0.15, 0.2) is 18.3 Å². The zero-order valence-electron chi connectivity index (χ0n) is 7.20. The molecule has 2 aromatic rings. The fourth-order valence-corrected chi connectivity index (χ4v) is 1.70. The Bertz CT molecular complexity index is 447. The van der Waals surface area contributed by atoms with Crippen LogP contribution in [0.25, 0.3) is 10.9 Å². The summed E-state index contributed by atoms with van der Waals surface area (Å²) in [6.07, 6.45) is 2.29. The molecular weight excluding hydrogens is 189 g/mol. The van der Waals surface area contributed by atoms with Gasteiger partial charge in [-0.05, 0) is 18.1 Å². The van der Waals surface area contributed by atoms with Crippen LogP contribution in [0.5, 0.6) is 0 Å². The molecule has 3 heteroatoms. The van der Waals surface area contributed by atoms with Gasteiger partial charge in [0.05, 0.1) is 10.4 Å². The maximum absolute atomic E-state index is 13.7. The van der Waals surface area contributed by atoms with Crippen molar-refractivity contribution in [2.45, 2.75) is 13.3 Å². The van der Waals surface area contributed by atoms with Crippen molar-refractivity contribution >= 4 is 22.5 Å². The zero-order valence-corrected chi connectivity index (χ0v) is 7.95. The number of hydrogen-bond donors (Lipinski definition) is 1. The van der Waals surface area contributed by atoms with Crippen molar-refractivity contribution < 1.29 is 4.39 Å². The minimum atomic E-state index is -0.203. The first kappa shape index (κ1) is 8.57. The van der Waals surface area contributed by atoms with Crippen LogP contribution in [0.1, 0.15) is 12.5 Å². The number of fused-ring (bicyclic) bond motifs is 1. The maximum atomic E-state index is 13.7. The predicted molar refractivity (Wildman–Crippen MR) is 52.6 cm³/mol. The van der Waals surface area contributed by atoms with Gasteiger partial charge in [-0.15, -0.1) is 0 Å². The third kappa shape index (κ3) is 1.22. The fraction of sp³-hybridized carbons (Fsp3) is 0.200. The summed E-state index contributed by atoms with van der Waals surface area (Å²) in [5, 5.41) is 0.948. The Morgan fingerprint density at radius 3 is 2.92 bits per heavy atom. The number of H-pyrrole nitrogens is 1. The second-order valence-corrected chi connectivity index (χ2v) is 3.36. The highest BCUT2D eigenvalue weighted by molar-refractivity contribution is 6.35. The molecule has 1 aromatic carbocycles. The standard InChI is InChI=1S/C10H9ClFN/c1-2-6-3-4-8-9(10(6)12)7(11)5-13-8/h3-5,13H,2H2,1H3. The minimum absolute atomic E-state index is 0.203. The van der Waals surface area contributed by atoms with Crippen LogP contribution >= 0.6 is 11.6 Å². The largest absolute Gasteiger partial charge is 0.360 e. The number of aromatic amines is 1. The lowest BCUT2D eigenvalue weighted by Gasteiger charge is -2.00. The first-order valence-electron chi connectivity index (χ1n) is 4.18. The average Bonchev–Trinajstić information content (AvgIpc) is 2.49. The SMILES string of the molecule is CCc1ccc2[nH]cc(Cl)c2c1F. The van der Waals surface area contributed by atoms with E-state index < -0.39 is 0 Å². The summed E-state index contributed by atoms with van der Waals surface area (Å²) in [4.78, 5) is 2.91. The van der Waals surface area contributed by atoms with Crippen molar-refractivity contribution in [2.75, 3.05) is 0 Å². The lowest BCUT2D eigenvalue weighted by Crippen LogP contribution is -1.87. The fourth-order valence-electron chi connectivity index (χ4n) is 1.46. The van der Waals surface area contributed by atoms with E-state index in [1.165, 1.54) is 0 Å². The summed E-state index contributed by atoms with van der Waals surface area (Å²) in [5.74, 6) is -0.203. The zero-order chi connectivity index (χ0) is 9.42. The normalized spacial score (nSPS) is 11.0. The van der Waals surface area contributed by atoms with E-state index in [4.69, 9.17) is 11.6 Å². The van der Waals surface area contributed by atoms with E-state index in [1.807, 2.05) is 13.0 Å². The van der Waals surface area contributed by atoms with Gasteiger partial charge in [0.1, 0.15) is 5.82 Å². The lowest BCUT2D eigenvalue weighted by molar-refractivity contribution is 0.624. The molecule has 0 saturated heterocycles. The molecule has 0 unspecified atom stereocenters. The van der Waals surface area contributed by atoms with Gasteiger partial charge in [-0.2, -0.15) is 0 Å². The molecule has 0 amide bonds. The van der Waals surface area contributed by atoms with E-state index in [0.29, 0.717) is 22.4 Å². The van der Waals surface area contributed by atoms with Gasteiger partial charge >= 0.3 is 0 Å². The quantitative estimate of drug-likeness (QED) is 0.720. The minimum Gasteiger partial charge on any atom is -0.360 e. The van der Waals surface area contributed by atoms with Gasteiger partial charge in [0.25, 0.3) is 0 Å². The molecule has 0 saturated carbocycles. The Balaban J connectivity index is 2.83. The molecule has 68 valence electrons. The predicted octanol–water partition coefficient (Wildman–Crippen LogP) is 3.52. The van der Waals surface area contributed by atoms with Gasteiger partial charge in [0.15, 0.2) is 0 Å². The molecule has 0 fully saturated rings. The summed E-state index contributed by atoms with van der Waals surface area (Å²) in [6, 6.07) is 3.63. The second-order valence-electron chi connectivity index (χ2n) is 2.95. The van der Waals surface area contributed by atoms with E-state index in [2.05, 4.69) is 4.98 Å². The van der Waals surface area contributed by atoms with Gasteiger partial charge in [-0.1, -0.05) is 24.6 Å². The maximum Gasteiger partial charge on any atom is 0.137 e. The summed E-state index contributed by atoms with van der Waals surface area (Å²) in [5.41, 5.74) is 1.45. The summed E-state index contributed by atoms with van der Waals surface area (Å²) >= 11 is 5.84. The molecule has 0 bridgehead atoms. The molecule has 1 nitrogen and oxygen atoms in total. The van der Waals surface area contributed by atoms with Gasteiger partial charge in [0.2, 0.25) is 0 Å². The number of hydrogen-bond acceptors (Lipinski definition) is 0. The Kier molecular flexibility index (Phi) is 2.00. The number of halogens is 2. The molecule has 0 radical (unpaired) electrons. The van der Waals surface area contributed by atoms with Crippen molar-refractivity contribution in [1.82, 2.24) is 4.98 Å². The number of nitrogens with one attached hydrogen (secondary N) is 1. The molecule has 0 spiro atoms. The van der Waals surface area contributed by atoms with E-state index >= 15 is 0 Å². The average molecular weight is 198 g/mol. The summed E-state index contributed by atoms with van der Waals surface area (Å²) < 4.78 is 13.7. The molecule has 1 heterocycles.